The number of hydrogen-bond acceptors (Lipinski definition) is 4. The largest absolute Gasteiger partial charge is 0.447 e. The first-order valence-electron chi connectivity index (χ1n) is 11.2. The van der Waals surface area contributed by atoms with Crippen LogP contribution in [0.1, 0.15) is 45.1 Å². The number of rotatable bonds is 4. The Balaban J connectivity index is 1.61. The lowest BCUT2D eigenvalue weighted by molar-refractivity contribution is -0.133. The molecular weight excluding hydrogens is 414 g/mol. The summed E-state index contributed by atoms with van der Waals surface area (Å²) in [7, 11) is 0. The van der Waals surface area contributed by atoms with Crippen LogP contribution in [0.15, 0.2) is 42.5 Å². The molecule has 1 aliphatic carbocycles. The van der Waals surface area contributed by atoms with Gasteiger partial charge in [-0.15, -0.1) is 0 Å². The van der Waals surface area contributed by atoms with Crippen LogP contribution in [0.3, 0.4) is 0 Å². The summed E-state index contributed by atoms with van der Waals surface area (Å²) < 4.78 is 33.5. The second kappa shape index (κ2) is 8.77. The van der Waals surface area contributed by atoms with Crippen molar-refractivity contribution in [3.05, 3.63) is 59.7 Å². The molecule has 172 valence electrons. The number of imide groups is 1. The highest BCUT2D eigenvalue weighted by atomic mass is 19.1. The standard InChI is InChI=1S/C25H30F2N2O3/c1-25(2,3)28-13-20(19-10-9-17(26)12-22(19)27)21(14-28)23(30)29-18(15-32-24(29)31)11-16-7-5-4-6-8-16/h4-7,9-10,12,16,18,20-21H,8,11,13-15H2,1-3H3/t16?,18-,20+,21-/m0/s1. The molecule has 0 aromatic heterocycles. The molecule has 4 rings (SSSR count). The van der Waals surface area contributed by atoms with Gasteiger partial charge in [-0.1, -0.05) is 30.4 Å². The van der Waals surface area contributed by atoms with Crippen molar-refractivity contribution in [3.8, 4) is 0 Å². The van der Waals surface area contributed by atoms with Gasteiger partial charge < -0.3 is 4.74 Å². The molecular formula is C25H30F2N2O3. The highest BCUT2D eigenvalue weighted by Crippen LogP contribution is 2.39. The first-order chi connectivity index (χ1) is 15.1. The lowest BCUT2D eigenvalue weighted by Crippen LogP contribution is -2.46. The average Bonchev–Trinajstić information content (AvgIpc) is 3.33. The van der Waals surface area contributed by atoms with E-state index in [-0.39, 0.29) is 30.0 Å². The van der Waals surface area contributed by atoms with Crippen LogP contribution in [0, 0.1) is 23.5 Å². The fraction of sp³-hybridized carbons (Fsp3) is 0.520. The molecule has 2 heterocycles. The van der Waals surface area contributed by atoms with Crippen molar-refractivity contribution in [2.45, 2.75) is 51.1 Å². The number of hydrogen-bond donors (Lipinski definition) is 0. The summed E-state index contributed by atoms with van der Waals surface area (Å²) in [6.45, 7) is 7.12. The topological polar surface area (TPSA) is 49.9 Å². The van der Waals surface area contributed by atoms with Crippen molar-refractivity contribution >= 4 is 12.0 Å². The van der Waals surface area contributed by atoms with E-state index in [0.29, 0.717) is 25.1 Å². The van der Waals surface area contributed by atoms with Gasteiger partial charge in [0.05, 0.1) is 12.0 Å². The second-order valence-electron chi connectivity index (χ2n) is 9.94. The Bertz CT molecular complexity index is 953. The van der Waals surface area contributed by atoms with E-state index in [9.17, 15) is 18.4 Å². The Labute approximate surface area is 187 Å². The number of amides is 2. The highest BCUT2D eigenvalue weighted by molar-refractivity contribution is 5.95. The van der Waals surface area contributed by atoms with E-state index in [2.05, 4.69) is 17.1 Å². The van der Waals surface area contributed by atoms with E-state index in [1.807, 2.05) is 32.9 Å². The Kier molecular flexibility index (Phi) is 6.21. The Morgan fingerprint density at radius 1 is 1.19 bits per heavy atom. The quantitative estimate of drug-likeness (QED) is 0.679. The maximum absolute atomic E-state index is 14.7. The van der Waals surface area contributed by atoms with Gasteiger partial charge in [0.25, 0.3) is 0 Å². The molecule has 3 aliphatic rings. The fourth-order valence-electron chi connectivity index (χ4n) is 4.96. The van der Waals surface area contributed by atoms with Crippen molar-refractivity contribution in [2.24, 2.45) is 11.8 Å². The summed E-state index contributed by atoms with van der Waals surface area (Å²) in [5.74, 6) is -2.53. The van der Waals surface area contributed by atoms with Crippen LogP contribution in [0.4, 0.5) is 13.6 Å². The van der Waals surface area contributed by atoms with Crippen molar-refractivity contribution in [3.63, 3.8) is 0 Å². The number of allylic oxidation sites excluding steroid dienone is 4. The van der Waals surface area contributed by atoms with E-state index < -0.39 is 29.6 Å². The van der Waals surface area contributed by atoms with Gasteiger partial charge in [-0.05, 0) is 51.2 Å². The number of carbonyl (C=O) groups excluding carboxylic acids is 2. The molecule has 0 radical (unpaired) electrons. The maximum atomic E-state index is 14.7. The lowest BCUT2D eigenvalue weighted by Gasteiger charge is -2.32. The smallest absolute Gasteiger partial charge is 0.416 e. The maximum Gasteiger partial charge on any atom is 0.416 e. The Morgan fingerprint density at radius 3 is 2.62 bits per heavy atom. The molecule has 2 saturated heterocycles. The average molecular weight is 445 g/mol. The first-order valence-corrected chi connectivity index (χ1v) is 11.2. The molecule has 2 aliphatic heterocycles. The number of cyclic esters (lactones) is 1. The molecule has 1 aromatic rings. The minimum atomic E-state index is -0.664. The number of halogens is 2. The third-order valence-corrected chi connectivity index (χ3v) is 6.79. The molecule has 0 spiro atoms. The molecule has 7 heteroatoms. The van der Waals surface area contributed by atoms with E-state index >= 15 is 0 Å². The van der Waals surface area contributed by atoms with E-state index in [4.69, 9.17) is 4.74 Å². The summed E-state index contributed by atoms with van der Waals surface area (Å²) in [5, 5.41) is 0. The van der Waals surface area contributed by atoms with Gasteiger partial charge in [-0.3, -0.25) is 9.69 Å². The van der Waals surface area contributed by atoms with Gasteiger partial charge in [0.15, 0.2) is 0 Å². The van der Waals surface area contributed by atoms with Crippen molar-refractivity contribution in [2.75, 3.05) is 19.7 Å². The van der Waals surface area contributed by atoms with Crippen molar-refractivity contribution in [1.82, 2.24) is 9.80 Å². The zero-order valence-corrected chi connectivity index (χ0v) is 18.8. The normalized spacial score (nSPS) is 28.4. The third-order valence-electron chi connectivity index (χ3n) is 6.79. The number of benzene rings is 1. The second-order valence-corrected chi connectivity index (χ2v) is 9.94. The first kappa shape index (κ1) is 22.6. The van der Waals surface area contributed by atoms with Crippen LogP contribution in [0.2, 0.25) is 0 Å². The number of nitrogens with zero attached hydrogens (tertiary/aromatic N) is 2. The zero-order chi connectivity index (χ0) is 23.0. The summed E-state index contributed by atoms with van der Waals surface area (Å²) in [4.78, 5) is 29.7. The predicted molar refractivity (Wildman–Crippen MR) is 117 cm³/mol. The molecule has 0 bridgehead atoms. The van der Waals surface area contributed by atoms with Gasteiger partial charge in [0.1, 0.15) is 18.2 Å². The van der Waals surface area contributed by atoms with Gasteiger partial charge in [0, 0.05) is 30.6 Å². The van der Waals surface area contributed by atoms with Crippen LogP contribution in [0.5, 0.6) is 0 Å². The summed E-state index contributed by atoms with van der Waals surface area (Å²) >= 11 is 0. The zero-order valence-electron chi connectivity index (χ0n) is 18.8. The molecule has 5 nitrogen and oxygen atoms in total. The SMILES string of the molecule is CC(C)(C)N1C[C@H](C(=O)N2C(=O)OC[C@@H]2CC2C=CC=CC2)[C@@H](c2ccc(F)cc2F)C1. The Hall–Kier alpha value is -2.54. The Morgan fingerprint density at radius 2 is 1.97 bits per heavy atom. The van der Waals surface area contributed by atoms with Crippen molar-refractivity contribution in [1.29, 1.82) is 0 Å². The number of ether oxygens (including phenoxy) is 1. The van der Waals surface area contributed by atoms with E-state index in [0.717, 1.165) is 12.5 Å². The molecule has 2 fully saturated rings. The summed E-state index contributed by atoms with van der Waals surface area (Å²) in [6.07, 6.45) is 8.96. The van der Waals surface area contributed by atoms with Gasteiger partial charge in [-0.25, -0.2) is 18.5 Å². The van der Waals surface area contributed by atoms with Gasteiger partial charge in [-0.2, -0.15) is 0 Å². The van der Waals surface area contributed by atoms with Crippen LogP contribution < -0.4 is 0 Å². The monoisotopic (exact) mass is 444 g/mol. The molecule has 2 amide bonds. The van der Waals surface area contributed by atoms with E-state index in [1.165, 1.54) is 17.0 Å². The van der Waals surface area contributed by atoms with Gasteiger partial charge >= 0.3 is 6.09 Å². The van der Waals surface area contributed by atoms with Gasteiger partial charge in [0.2, 0.25) is 5.91 Å². The molecule has 0 saturated carbocycles. The van der Waals surface area contributed by atoms with Crippen LogP contribution in [-0.4, -0.2) is 53.1 Å². The summed E-state index contributed by atoms with van der Waals surface area (Å²) in [6, 6.07) is 3.14. The van der Waals surface area contributed by atoms with E-state index in [1.54, 1.807) is 0 Å². The van der Waals surface area contributed by atoms with Crippen molar-refractivity contribution < 1.29 is 23.1 Å². The van der Waals surface area contributed by atoms with Crippen LogP contribution in [0.25, 0.3) is 0 Å². The van der Waals surface area contributed by atoms with Crippen LogP contribution in [-0.2, 0) is 9.53 Å². The third kappa shape index (κ3) is 4.49. The minimum Gasteiger partial charge on any atom is -0.447 e. The molecule has 32 heavy (non-hydrogen) atoms. The lowest BCUT2D eigenvalue weighted by atomic mass is 9.86. The minimum absolute atomic E-state index is 0.171. The number of carbonyl (C=O) groups is 2. The number of likely N-dealkylation sites (tertiary alicyclic amines) is 1. The molecule has 0 N–H and O–H groups in total. The summed E-state index contributed by atoms with van der Waals surface area (Å²) in [5.41, 5.74) is 0.0643. The fourth-order valence-corrected chi connectivity index (χ4v) is 4.96. The predicted octanol–water partition coefficient (Wildman–Crippen LogP) is 4.65. The van der Waals surface area contributed by atoms with Crippen LogP contribution >= 0.6 is 0 Å². The molecule has 1 unspecified atom stereocenters. The molecule has 1 aromatic carbocycles. The molecule has 4 atom stereocenters. The highest BCUT2D eigenvalue weighted by Gasteiger charge is 2.48.